The van der Waals surface area contributed by atoms with E-state index in [-0.39, 0.29) is 49.2 Å². The van der Waals surface area contributed by atoms with Crippen LogP contribution in [0, 0.1) is 0 Å². The Morgan fingerprint density at radius 2 is 1.89 bits per heavy atom. The average Bonchev–Trinajstić information content (AvgIpc) is 3.42. The number of aryl methyl sites for hydroxylation is 1. The van der Waals surface area contributed by atoms with Gasteiger partial charge in [-0.1, -0.05) is 38.3 Å². The summed E-state index contributed by atoms with van der Waals surface area (Å²) in [6.07, 6.45) is 6.29. The Hall–Kier alpha value is -4.07. The lowest BCUT2D eigenvalue weighted by Crippen LogP contribution is -2.38. The van der Waals surface area contributed by atoms with Gasteiger partial charge in [-0.15, -0.1) is 0 Å². The molecule has 0 radical (unpaired) electrons. The van der Waals surface area contributed by atoms with Crippen LogP contribution in [0.2, 0.25) is 0 Å². The van der Waals surface area contributed by atoms with Crippen LogP contribution < -0.4 is 19.7 Å². The van der Waals surface area contributed by atoms with Crippen molar-refractivity contribution in [3.63, 3.8) is 0 Å². The number of ether oxygens (including phenoxy) is 2. The third kappa shape index (κ3) is 5.90. The fourth-order valence-electron chi connectivity index (χ4n) is 4.88. The van der Waals surface area contributed by atoms with Gasteiger partial charge in [0, 0.05) is 11.6 Å². The first-order valence-corrected chi connectivity index (χ1v) is 13.2. The van der Waals surface area contributed by atoms with E-state index in [1.807, 2.05) is 24.3 Å². The summed E-state index contributed by atoms with van der Waals surface area (Å²) in [5.74, 6) is 1.10. The molecule has 1 aliphatic heterocycles. The van der Waals surface area contributed by atoms with Crippen LogP contribution in [0.4, 0.5) is 5.69 Å². The molecule has 0 spiro atoms. The Morgan fingerprint density at radius 3 is 2.71 bits per heavy atom. The number of benzene rings is 2. The fourth-order valence-corrected chi connectivity index (χ4v) is 4.88. The molecule has 2 heterocycles. The number of nitrogens with zero attached hydrogens (tertiary/aromatic N) is 1. The number of hydrogen-bond acceptors (Lipinski definition) is 6. The molecule has 198 valence electrons. The van der Waals surface area contributed by atoms with Crippen molar-refractivity contribution in [2.75, 3.05) is 18.1 Å². The van der Waals surface area contributed by atoms with Gasteiger partial charge >= 0.3 is 0 Å². The Kier molecular flexibility index (Phi) is 7.77. The molecular formula is C30H32N2O6. The summed E-state index contributed by atoms with van der Waals surface area (Å²) in [6.45, 7) is 1.93. The number of carbonyl (C=O) groups excluding carboxylic acids is 3. The lowest BCUT2D eigenvalue weighted by Gasteiger charge is -2.29. The highest BCUT2D eigenvalue weighted by Gasteiger charge is 2.28. The van der Waals surface area contributed by atoms with Crippen molar-refractivity contribution in [1.29, 1.82) is 0 Å². The second kappa shape index (κ2) is 11.5. The van der Waals surface area contributed by atoms with Gasteiger partial charge in [-0.3, -0.25) is 19.3 Å². The zero-order valence-corrected chi connectivity index (χ0v) is 21.5. The number of anilines is 1. The van der Waals surface area contributed by atoms with Gasteiger partial charge in [-0.05, 0) is 67.3 Å². The molecule has 1 N–H and O–H groups in total. The van der Waals surface area contributed by atoms with Gasteiger partial charge in [0.1, 0.15) is 17.3 Å². The molecule has 8 heteroatoms. The largest absolute Gasteiger partial charge is 0.485 e. The summed E-state index contributed by atoms with van der Waals surface area (Å²) in [4.78, 5) is 39.9. The van der Waals surface area contributed by atoms with E-state index in [1.54, 1.807) is 30.3 Å². The van der Waals surface area contributed by atoms with Gasteiger partial charge in [-0.25, -0.2) is 0 Å². The third-order valence-electron chi connectivity index (χ3n) is 7.04. The highest BCUT2D eigenvalue weighted by atomic mass is 16.5. The third-order valence-corrected chi connectivity index (χ3v) is 7.04. The van der Waals surface area contributed by atoms with Crippen molar-refractivity contribution in [2.45, 2.75) is 58.0 Å². The van der Waals surface area contributed by atoms with E-state index < -0.39 is 0 Å². The maximum atomic E-state index is 12.9. The molecule has 1 saturated carbocycles. The van der Waals surface area contributed by atoms with Gasteiger partial charge in [-0.2, -0.15) is 0 Å². The van der Waals surface area contributed by atoms with Crippen molar-refractivity contribution < 1.29 is 28.3 Å². The topological polar surface area (TPSA) is 98.1 Å². The van der Waals surface area contributed by atoms with E-state index in [2.05, 4.69) is 12.2 Å². The zero-order chi connectivity index (χ0) is 26.5. The first-order valence-electron chi connectivity index (χ1n) is 13.2. The number of amides is 2. The van der Waals surface area contributed by atoms with Crippen molar-refractivity contribution in [3.05, 3.63) is 77.2 Å². The Bertz CT molecular complexity index is 1320. The van der Waals surface area contributed by atoms with Crippen LogP contribution in [0.1, 0.15) is 71.3 Å². The van der Waals surface area contributed by atoms with E-state index in [0.717, 1.165) is 37.7 Å². The molecule has 2 amide bonds. The molecule has 3 aromatic rings. The predicted octanol–water partition coefficient (Wildman–Crippen LogP) is 5.09. The van der Waals surface area contributed by atoms with Crippen LogP contribution in [0.5, 0.6) is 11.5 Å². The first-order chi connectivity index (χ1) is 18.5. The van der Waals surface area contributed by atoms with E-state index in [1.165, 1.54) is 11.3 Å². The van der Waals surface area contributed by atoms with Crippen molar-refractivity contribution in [2.24, 2.45) is 0 Å². The molecule has 2 aliphatic rings. The standard InChI is InChI=1S/C30H32N2O6/c1-2-20-7-6-10-23(15-20)36-18-26(33)21-11-13-27-25(16-21)32(29(34)19-37-27)17-24-12-14-28(38-24)30(35)31-22-8-4-3-5-9-22/h6-7,10-16,22H,2-5,8-9,17-19H2,1H3,(H,31,35). The lowest BCUT2D eigenvalue weighted by atomic mass is 9.95. The number of furan rings is 1. The minimum Gasteiger partial charge on any atom is -0.485 e. The van der Waals surface area contributed by atoms with Crippen LogP contribution >= 0.6 is 0 Å². The monoisotopic (exact) mass is 516 g/mol. The Balaban J connectivity index is 1.27. The summed E-state index contributed by atoms with van der Waals surface area (Å²) in [5.41, 5.74) is 2.01. The molecule has 0 unspecified atom stereocenters. The number of hydrogen-bond donors (Lipinski definition) is 1. The minimum absolute atomic E-state index is 0.115. The normalized spacial score (nSPS) is 15.5. The average molecular weight is 517 g/mol. The predicted molar refractivity (Wildman–Crippen MR) is 142 cm³/mol. The van der Waals surface area contributed by atoms with Crippen LogP contribution in [0.3, 0.4) is 0 Å². The number of rotatable bonds is 9. The van der Waals surface area contributed by atoms with Crippen molar-refractivity contribution >= 4 is 23.3 Å². The summed E-state index contributed by atoms with van der Waals surface area (Å²) < 4.78 is 17.1. The molecule has 0 saturated heterocycles. The SMILES string of the molecule is CCc1cccc(OCC(=O)c2ccc3c(c2)N(Cc2ccc(C(=O)NC4CCCCC4)o2)C(=O)CO3)c1. The van der Waals surface area contributed by atoms with E-state index >= 15 is 0 Å². The van der Waals surface area contributed by atoms with Crippen LogP contribution in [-0.2, 0) is 17.8 Å². The second-order valence-electron chi connectivity index (χ2n) is 9.74. The maximum absolute atomic E-state index is 12.9. The molecule has 2 aromatic carbocycles. The van der Waals surface area contributed by atoms with Gasteiger partial charge in [0.05, 0.1) is 12.2 Å². The molecule has 1 aliphatic carbocycles. The van der Waals surface area contributed by atoms with Gasteiger partial charge in [0.15, 0.2) is 24.8 Å². The molecule has 8 nitrogen and oxygen atoms in total. The summed E-state index contributed by atoms with van der Waals surface area (Å²) in [7, 11) is 0. The van der Waals surface area contributed by atoms with Crippen molar-refractivity contribution in [1.82, 2.24) is 5.32 Å². The maximum Gasteiger partial charge on any atom is 0.287 e. The molecule has 1 fully saturated rings. The number of carbonyl (C=O) groups is 3. The zero-order valence-electron chi connectivity index (χ0n) is 21.5. The quantitative estimate of drug-likeness (QED) is 0.398. The molecule has 0 atom stereocenters. The minimum atomic E-state index is -0.265. The second-order valence-corrected chi connectivity index (χ2v) is 9.74. The van der Waals surface area contributed by atoms with Gasteiger partial charge < -0.3 is 19.2 Å². The number of fused-ring (bicyclic) bond motifs is 1. The molecule has 0 bridgehead atoms. The van der Waals surface area contributed by atoms with Crippen LogP contribution in [-0.4, -0.2) is 36.9 Å². The molecule has 1 aromatic heterocycles. The van der Waals surface area contributed by atoms with E-state index in [0.29, 0.717) is 28.5 Å². The van der Waals surface area contributed by atoms with E-state index in [4.69, 9.17) is 13.9 Å². The Morgan fingerprint density at radius 1 is 1.05 bits per heavy atom. The van der Waals surface area contributed by atoms with E-state index in [9.17, 15) is 14.4 Å². The number of nitrogens with one attached hydrogen (secondary N) is 1. The molecular weight excluding hydrogens is 484 g/mol. The highest BCUT2D eigenvalue weighted by Crippen LogP contribution is 2.34. The van der Waals surface area contributed by atoms with Crippen LogP contribution in [0.15, 0.2) is 59.0 Å². The van der Waals surface area contributed by atoms with Gasteiger partial charge in [0.2, 0.25) is 0 Å². The van der Waals surface area contributed by atoms with Gasteiger partial charge in [0.25, 0.3) is 11.8 Å². The molecule has 38 heavy (non-hydrogen) atoms. The number of Topliss-reactive ketones (excluding diaryl/α,β-unsaturated/α-hetero) is 1. The highest BCUT2D eigenvalue weighted by molar-refractivity contribution is 6.02. The Labute approximate surface area is 221 Å². The van der Waals surface area contributed by atoms with Crippen molar-refractivity contribution in [3.8, 4) is 11.5 Å². The number of ketones is 1. The smallest absolute Gasteiger partial charge is 0.287 e. The molecule has 5 rings (SSSR count). The fraction of sp³-hybridized carbons (Fsp3) is 0.367. The van der Waals surface area contributed by atoms with Crippen LogP contribution in [0.25, 0.3) is 0 Å². The first kappa shape index (κ1) is 25.6. The summed E-state index contributed by atoms with van der Waals surface area (Å²) >= 11 is 0. The summed E-state index contributed by atoms with van der Waals surface area (Å²) in [5, 5.41) is 3.04. The lowest BCUT2D eigenvalue weighted by molar-refractivity contribution is -0.121. The summed E-state index contributed by atoms with van der Waals surface area (Å²) in [6, 6.07) is 16.1.